The van der Waals surface area contributed by atoms with Gasteiger partial charge in [0.05, 0.1) is 6.42 Å². The second-order valence-corrected chi connectivity index (χ2v) is 10.1. The molecule has 33 heavy (non-hydrogen) atoms. The minimum Gasteiger partial charge on any atom is -0.508 e. The molecule has 1 amide bonds. The van der Waals surface area contributed by atoms with E-state index in [0.29, 0.717) is 17.6 Å². The molecule has 186 valence electrons. The van der Waals surface area contributed by atoms with E-state index in [1.54, 1.807) is 6.07 Å². The summed E-state index contributed by atoms with van der Waals surface area (Å²) in [5.41, 5.74) is 1.23. The molecular formula is C26H42N2O5. The zero-order chi connectivity index (χ0) is 23.1. The van der Waals surface area contributed by atoms with Crippen LogP contribution in [0.15, 0.2) is 24.3 Å². The van der Waals surface area contributed by atoms with Gasteiger partial charge in [-0.3, -0.25) is 9.59 Å². The van der Waals surface area contributed by atoms with Crippen LogP contribution < -0.4 is 5.32 Å². The number of hydrogen-bond acceptors (Lipinski definition) is 4. The van der Waals surface area contributed by atoms with Gasteiger partial charge in [0.15, 0.2) is 0 Å². The van der Waals surface area contributed by atoms with Crippen molar-refractivity contribution >= 4 is 11.9 Å². The number of carboxylic acid groups (broad SMARTS) is 1. The van der Waals surface area contributed by atoms with Gasteiger partial charge in [-0.05, 0) is 73.7 Å². The number of carbonyl (C=O) groups excluding carboxylic acids is 1. The summed E-state index contributed by atoms with van der Waals surface area (Å²) in [5.74, 6) is 0.301. The van der Waals surface area contributed by atoms with Crippen LogP contribution in [0.4, 0.5) is 0 Å². The lowest BCUT2D eigenvalue weighted by molar-refractivity contribution is -0.137. The van der Waals surface area contributed by atoms with Crippen LogP contribution in [0.3, 0.4) is 0 Å². The van der Waals surface area contributed by atoms with Gasteiger partial charge in [0.2, 0.25) is 5.91 Å². The van der Waals surface area contributed by atoms with Crippen LogP contribution >= 0.6 is 0 Å². The summed E-state index contributed by atoms with van der Waals surface area (Å²) in [6.45, 7) is 7.64. The number of carboxylic acids is 1. The number of aromatic hydroxyl groups is 1. The molecule has 1 saturated carbocycles. The highest BCUT2D eigenvalue weighted by molar-refractivity contribution is 5.79. The maximum absolute atomic E-state index is 12.9. The van der Waals surface area contributed by atoms with Gasteiger partial charge in [0.1, 0.15) is 5.75 Å². The second kappa shape index (κ2) is 12.4. The second-order valence-electron chi connectivity index (χ2n) is 10.1. The molecule has 1 heterocycles. The lowest BCUT2D eigenvalue weighted by atomic mass is 9.68. The molecule has 1 aliphatic carbocycles. The van der Waals surface area contributed by atoms with Crippen LogP contribution in [0, 0.1) is 17.8 Å². The first-order valence-corrected chi connectivity index (χ1v) is 12.3. The van der Waals surface area contributed by atoms with Crippen LogP contribution in [0.5, 0.6) is 5.75 Å². The molecule has 1 aromatic carbocycles. The van der Waals surface area contributed by atoms with E-state index < -0.39 is 5.97 Å². The van der Waals surface area contributed by atoms with Crippen molar-refractivity contribution in [2.45, 2.75) is 70.6 Å². The predicted octanol–water partition coefficient (Wildman–Crippen LogP) is 3.34. The molecule has 2 aliphatic rings. The van der Waals surface area contributed by atoms with Crippen molar-refractivity contribution in [3.63, 3.8) is 0 Å². The Morgan fingerprint density at radius 1 is 1.24 bits per heavy atom. The van der Waals surface area contributed by atoms with E-state index in [9.17, 15) is 14.7 Å². The van der Waals surface area contributed by atoms with Crippen LogP contribution in [-0.2, 0) is 15.0 Å². The molecule has 0 aromatic heterocycles. The van der Waals surface area contributed by atoms with E-state index in [2.05, 4.69) is 30.1 Å². The highest BCUT2D eigenvalue weighted by Gasteiger charge is 2.38. The third-order valence-electron chi connectivity index (χ3n) is 8.02. The number of benzene rings is 1. The van der Waals surface area contributed by atoms with Gasteiger partial charge in [-0.25, -0.2) is 0 Å². The number of carbonyl (C=O) groups is 2. The number of likely N-dealkylation sites (tertiary alicyclic amines) is 1. The van der Waals surface area contributed by atoms with E-state index in [1.165, 1.54) is 24.8 Å². The third-order valence-corrected chi connectivity index (χ3v) is 8.02. The maximum Gasteiger partial charge on any atom is 0.305 e. The normalized spacial score (nSPS) is 25.1. The van der Waals surface area contributed by atoms with Gasteiger partial charge >= 0.3 is 5.97 Å². The summed E-state index contributed by atoms with van der Waals surface area (Å²) >= 11 is 0. The summed E-state index contributed by atoms with van der Waals surface area (Å²) in [6, 6.07) is 7.66. The van der Waals surface area contributed by atoms with Gasteiger partial charge in [-0.2, -0.15) is 0 Å². The molecule has 0 spiro atoms. The fourth-order valence-electron chi connectivity index (χ4n) is 5.67. The molecule has 1 aromatic rings. The summed E-state index contributed by atoms with van der Waals surface area (Å²) in [4.78, 5) is 26.2. The highest BCUT2D eigenvalue weighted by Crippen LogP contribution is 2.40. The summed E-state index contributed by atoms with van der Waals surface area (Å²) < 4.78 is 0. The van der Waals surface area contributed by atoms with Crippen LogP contribution in [0.1, 0.15) is 70.8 Å². The lowest BCUT2D eigenvalue weighted by Crippen LogP contribution is -2.48. The molecular weight excluding hydrogens is 420 g/mol. The third kappa shape index (κ3) is 7.18. The van der Waals surface area contributed by atoms with Gasteiger partial charge < -0.3 is 25.9 Å². The number of phenols is 1. The molecule has 1 saturated heterocycles. The van der Waals surface area contributed by atoms with Crippen molar-refractivity contribution in [3.05, 3.63) is 29.8 Å². The number of amides is 1. The number of aliphatic carboxylic acids is 1. The fourth-order valence-corrected chi connectivity index (χ4v) is 5.67. The minimum absolute atomic E-state index is 0. The summed E-state index contributed by atoms with van der Waals surface area (Å²) in [5, 5.41) is 21.7. The number of nitrogens with zero attached hydrogens (tertiary/aromatic N) is 1. The Labute approximate surface area is 197 Å². The Morgan fingerprint density at radius 2 is 1.97 bits per heavy atom. The molecule has 3 rings (SSSR count). The Balaban J connectivity index is 0.00000385. The lowest BCUT2D eigenvalue weighted by Gasteiger charge is -2.45. The SMILES string of the molecule is CC1CN(CCC(C(=O)NCCC(=O)O)C2CCCCC2)CCC1(C)c1cccc(O)c1.O. The fraction of sp³-hybridized carbons (Fsp3) is 0.692. The molecule has 2 fully saturated rings. The first-order chi connectivity index (χ1) is 15.3. The standard InChI is InChI=1S/C26H40N2O4.H2O/c1-19-18-28(16-13-26(19,2)21-9-6-10-22(29)17-21)15-12-23(20-7-4-3-5-8-20)25(32)27-14-11-24(30)31;/h6,9-10,17,19-20,23,29H,3-5,7-8,11-16,18H2,1-2H3,(H,27,32)(H,30,31);1H2. The zero-order valence-electron chi connectivity index (χ0n) is 20.2. The van der Waals surface area contributed by atoms with E-state index in [-0.39, 0.29) is 35.7 Å². The largest absolute Gasteiger partial charge is 0.508 e. The molecule has 3 unspecified atom stereocenters. The van der Waals surface area contributed by atoms with Crippen molar-refractivity contribution in [1.82, 2.24) is 10.2 Å². The minimum atomic E-state index is -0.878. The van der Waals surface area contributed by atoms with Crippen LogP contribution in [0.2, 0.25) is 0 Å². The number of nitrogens with one attached hydrogen (secondary N) is 1. The van der Waals surface area contributed by atoms with Gasteiger partial charge in [0, 0.05) is 19.0 Å². The van der Waals surface area contributed by atoms with Crippen molar-refractivity contribution in [2.24, 2.45) is 17.8 Å². The average molecular weight is 463 g/mol. The first-order valence-electron chi connectivity index (χ1n) is 12.3. The smallest absolute Gasteiger partial charge is 0.305 e. The van der Waals surface area contributed by atoms with E-state index in [4.69, 9.17) is 5.11 Å². The number of piperidine rings is 1. The molecule has 7 heteroatoms. The Bertz CT molecular complexity index is 780. The molecule has 7 nitrogen and oxygen atoms in total. The maximum atomic E-state index is 12.9. The van der Waals surface area contributed by atoms with E-state index in [1.807, 2.05) is 12.1 Å². The van der Waals surface area contributed by atoms with Crippen LogP contribution in [-0.4, -0.2) is 58.6 Å². The first kappa shape index (κ1) is 27.1. The predicted molar refractivity (Wildman–Crippen MR) is 129 cm³/mol. The quantitative estimate of drug-likeness (QED) is 0.520. The molecule has 0 radical (unpaired) electrons. The van der Waals surface area contributed by atoms with Crippen molar-refractivity contribution in [2.75, 3.05) is 26.2 Å². The molecule has 1 aliphatic heterocycles. The van der Waals surface area contributed by atoms with E-state index in [0.717, 1.165) is 45.3 Å². The topological polar surface area (TPSA) is 121 Å². The molecule has 0 bridgehead atoms. The molecule has 5 N–H and O–H groups in total. The van der Waals surface area contributed by atoms with Gasteiger partial charge in [-0.15, -0.1) is 0 Å². The Hall–Kier alpha value is -2.12. The number of hydrogen-bond donors (Lipinski definition) is 3. The van der Waals surface area contributed by atoms with E-state index >= 15 is 0 Å². The Kier molecular flexibility index (Phi) is 10.2. The van der Waals surface area contributed by atoms with Crippen molar-refractivity contribution in [3.8, 4) is 5.75 Å². The summed E-state index contributed by atoms with van der Waals surface area (Å²) in [6.07, 6.45) is 7.66. The monoisotopic (exact) mass is 462 g/mol. The van der Waals surface area contributed by atoms with Crippen molar-refractivity contribution in [1.29, 1.82) is 0 Å². The zero-order valence-corrected chi connectivity index (χ0v) is 20.2. The number of phenolic OH excluding ortho intramolecular Hbond substituents is 1. The molecule has 3 atom stereocenters. The summed E-state index contributed by atoms with van der Waals surface area (Å²) in [7, 11) is 0. The Morgan fingerprint density at radius 3 is 2.61 bits per heavy atom. The van der Waals surface area contributed by atoms with Crippen LogP contribution in [0.25, 0.3) is 0 Å². The van der Waals surface area contributed by atoms with Gasteiger partial charge in [0.25, 0.3) is 0 Å². The van der Waals surface area contributed by atoms with Crippen molar-refractivity contribution < 1.29 is 25.3 Å². The average Bonchev–Trinajstić information content (AvgIpc) is 2.77. The van der Waals surface area contributed by atoms with Gasteiger partial charge in [-0.1, -0.05) is 45.2 Å². The number of rotatable bonds is 9. The highest BCUT2D eigenvalue weighted by atomic mass is 16.4.